The Labute approximate surface area is 130 Å². The maximum atomic E-state index is 5.74. The maximum Gasteiger partial charge on any atom is 0.0576 e. The molecule has 2 nitrogen and oxygen atoms in total. The van der Waals surface area contributed by atoms with E-state index in [0.717, 1.165) is 13.2 Å². The number of hydrogen-bond donors (Lipinski definition) is 1. The molecule has 0 radical (unpaired) electrons. The molecule has 1 fully saturated rings. The van der Waals surface area contributed by atoms with E-state index in [1.165, 1.54) is 41.2 Å². The van der Waals surface area contributed by atoms with Gasteiger partial charge in [0, 0.05) is 16.2 Å². The Hall–Kier alpha value is -0.130. The van der Waals surface area contributed by atoms with Gasteiger partial charge in [-0.05, 0) is 72.9 Å². The summed E-state index contributed by atoms with van der Waals surface area (Å²) in [5.41, 5.74) is 1.44. The Bertz CT molecular complexity index is 377. The molecule has 19 heavy (non-hydrogen) atoms. The lowest BCUT2D eigenvalue weighted by atomic mass is 9.99. The fraction of sp³-hybridized carbons (Fsp3) is 0.625. The first-order chi connectivity index (χ1) is 9.31. The number of nitrogens with one attached hydrogen (secondary N) is 1. The fourth-order valence-electron chi connectivity index (χ4n) is 2.67. The quantitative estimate of drug-likeness (QED) is 0.720. The molecule has 2 unspecified atom stereocenters. The Morgan fingerprint density at radius 1 is 1.42 bits per heavy atom. The van der Waals surface area contributed by atoms with E-state index in [2.05, 4.69) is 59.1 Å². The second-order valence-electron chi connectivity index (χ2n) is 5.24. The summed E-state index contributed by atoms with van der Waals surface area (Å²) in [4.78, 5) is 0. The van der Waals surface area contributed by atoms with Crippen molar-refractivity contribution in [2.45, 2.75) is 51.2 Å². The summed E-state index contributed by atoms with van der Waals surface area (Å²) in [6.45, 7) is 4.27. The highest BCUT2D eigenvalue weighted by atomic mass is 127. The molecular weight excluding hydrogens is 349 g/mol. The summed E-state index contributed by atoms with van der Waals surface area (Å²) in [6.07, 6.45) is 6.50. The van der Waals surface area contributed by atoms with Crippen molar-refractivity contribution < 1.29 is 4.74 Å². The molecule has 1 saturated heterocycles. The number of rotatable bonds is 7. The van der Waals surface area contributed by atoms with Crippen LogP contribution in [0.5, 0.6) is 0 Å². The van der Waals surface area contributed by atoms with Crippen LogP contribution in [-0.2, 0) is 4.74 Å². The second-order valence-corrected chi connectivity index (χ2v) is 6.40. The minimum Gasteiger partial charge on any atom is -0.378 e. The van der Waals surface area contributed by atoms with E-state index in [1.54, 1.807) is 0 Å². The van der Waals surface area contributed by atoms with Crippen LogP contribution < -0.4 is 5.32 Å². The molecule has 2 atom stereocenters. The van der Waals surface area contributed by atoms with Gasteiger partial charge in [0.2, 0.25) is 0 Å². The highest BCUT2D eigenvalue weighted by Crippen LogP contribution is 2.27. The molecule has 1 aromatic carbocycles. The molecule has 0 aliphatic carbocycles. The summed E-state index contributed by atoms with van der Waals surface area (Å²) in [5.74, 6) is 0. The lowest BCUT2D eigenvalue weighted by Crippen LogP contribution is -2.24. The van der Waals surface area contributed by atoms with E-state index < -0.39 is 0 Å². The van der Waals surface area contributed by atoms with Crippen LogP contribution >= 0.6 is 22.6 Å². The van der Waals surface area contributed by atoms with Gasteiger partial charge in [-0.3, -0.25) is 0 Å². The summed E-state index contributed by atoms with van der Waals surface area (Å²) < 4.78 is 7.11. The molecule has 1 heterocycles. The van der Waals surface area contributed by atoms with Crippen molar-refractivity contribution in [3.8, 4) is 0 Å². The van der Waals surface area contributed by atoms with Crippen molar-refractivity contribution in [2.24, 2.45) is 0 Å². The Balaban J connectivity index is 1.96. The third-order valence-electron chi connectivity index (χ3n) is 3.72. The van der Waals surface area contributed by atoms with Gasteiger partial charge in [0.1, 0.15) is 0 Å². The van der Waals surface area contributed by atoms with Crippen molar-refractivity contribution in [3.05, 3.63) is 33.4 Å². The molecule has 0 amide bonds. The first kappa shape index (κ1) is 15.3. The van der Waals surface area contributed by atoms with Crippen LogP contribution in [0.15, 0.2) is 24.3 Å². The van der Waals surface area contributed by atoms with E-state index in [-0.39, 0.29) is 0 Å². The molecule has 0 saturated carbocycles. The van der Waals surface area contributed by atoms with Crippen molar-refractivity contribution in [2.75, 3.05) is 13.2 Å². The van der Waals surface area contributed by atoms with Crippen molar-refractivity contribution in [1.82, 2.24) is 5.32 Å². The van der Waals surface area contributed by atoms with Gasteiger partial charge >= 0.3 is 0 Å². The third-order valence-corrected chi connectivity index (χ3v) is 4.71. The molecule has 0 spiro atoms. The molecule has 106 valence electrons. The third kappa shape index (κ3) is 4.72. The van der Waals surface area contributed by atoms with Crippen LogP contribution in [0.3, 0.4) is 0 Å². The average Bonchev–Trinajstić information content (AvgIpc) is 2.93. The fourth-order valence-corrected chi connectivity index (χ4v) is 3.43. The Morgan fingerprint density at radius 2 is 2.26 bits per heavy atom. The number of benzene rings is 1. The number of ether oxygens (including phenoxy) is 1. The molecule has 3 heteroatoms. The van der Waals surface area contributed by atoms with Gasteiger partial charge in [0.05, 0.1) is 6.10 Å². The van der Waals surface area contributed by atoms with Crippen LogP contribution in [0.4, 0.5) is 0 Å². The summed E-state index contributed by atoms with van der Waals surface area (Å²) in [6, 6.07) is 9.18. The topological polar surface area (TPSA) is 21.3 Å². The molecule has 0 aromatic heterocycles. The van der Waals surface area contributed by atoms with Crippen LogP contribution in [0.25, 0.3) is 0 Å². The van der Waals surface area contributed by atoms with Crippen LogP contribution in [0, 0.1) is 3.57 Å². The van der Waals surface area contributed by atoms with Gasteiger partial charge in [-0.1, -0.05) is 25.1 Å². The largest absolute Gasteiger partial charge is 0.378 e. The molecule has 2 rings (SSSR count). The van der Waals surface area contributed by atoms with Crippen LogP contribution in [0.2, 0.25) is 0 Å². The number of hydrogen-bond acceptors (Lipinski definition) is 2. The molecule has 1 N–H and O–H groups in total. The van der Waals surface area contributed by atoms with E-state index in [4.69, 9.17) is 4.74 Å². The smallest absolute Gasteiger partial charge is 0.0576 e. The first-order valence-electron chi connectivity index (χ1n) is 7.40. The Kier molecular flexibility index (Phi) is 6.61. The van der Waals surface area contributed by atoms with Gasteiger partial charge in [-0.15, -0.1) is 0 Å². The lowest BCUT2D eigenvalue weighted by molar-refractivity contribution is 0.0995. The zero-order chi connectivity index (χ0) is 13.5. The molecular formula is C16H24INO. The monoisotopic (exact) mass is 373 g/mol. The standard InChI is InChI=1S/C16H24INO/c1-2-11-18-16(10-9-13-6-5-12-19-13)14-7-3-4-8-15(14)17/h3-4,7-8,13,16,18H,2,5-6,9-12H2,1H3. The van der Waals surface area contributed by atoms with E-state index in [1.807, 2.05) is 0 Å². The zero-order valence-electron chi connectivity index (χ0n) is 11.7. The van der Waals surface area contributed by atoms with Gasteiger partial charge in [-0.2, -0.15) is 0 Å². The highest BCUT2D eigenvalue weighted by molar-refractivity contribution is 14.1. The van der Waals surface area contributed by atoms with E-state index in [9.17, 15) is 0 Å². The van der Waals surface area contributed by atoms with Crippen molar-refractivity contribution in [1.29, 1.82) is 0 Å². The van der Waals surface area contributed by atoms with Gasteiger partial charge in [0.15, 0.2) is 0 Å². The predicted molar refractivity (Wildman–Crippen MR) is 88.4 cm³/mol. The van der Waals surface area contributed by atoms with Crippen molar-refractivity contribution >= 4 is 22.6 Å². The molecule has 1 aliphatic heterocycles. The lowest BCUT2D eigenvalue weighted by Gasteiger charge is -2.22. The molecule has 1 aliphatic rings. The summed E-state index contributed by atoms with van der Waals surface area (Å²) in [5, 5.41) is 3.69. The van der Waals surface area contributed by atoms with E-state index >= 15 is 0 Å². The van der Waals surface area contributed by atoms with Gasteiger partial charge < -0.3 is 10.1 Å². The van der Waals surface area contributed by atoms with Gasteiger partial charge in [-0.25, -0.2) is 0 Å². The Morgan fingerprint density at radius 3 is 2.95 bits per heavy atom. The maximum absolute atomic E-state index is 5.74. The van der Waals surface area contributed by atoms with E-state index in [0.29, 0.717) is 12.1 Å². The van der Waals surface area contributed by atoms with Crippen LogP contribution in [-0.4, -0.2) is 19.3 Å². The van der Waals surface area contributed by atoms with Crippen molar-refractivity contribution in [3.63, 3.8) is 0 Å². The molecule has 0 bridgehead atoms. The average molecular weight is 373 g/mol. The minimum absolute atomic E-state index is 0.470. The van der Waals surface area contributed by atoms with Gasteiger partial charge in [0.25, 0.3) is 0 Å². The zero-order valence-corrected chi connectivity index (χ0v) is 13.9. The first-order valence-corrected chi connectivity index (χ1v) is 8.48. The normalized spacial score (nSPS) is 20.6. The molecule has 1 aromatic rings. The van der Waals surface area contributed by atoms with Crippen LogP contribution in [0.1, 0.15) is 50.6 Å². The second kappa shape index (κ2) is 8.22. The SMILES string of the molecule is CCCNC(CCC1CCCO1)c1ccccc1I. The predicted octanol–water partition coefficient (Wildman–Crippen LogP) is 4.29. The number of halogens is 1. The minimum atomic E-state index is 0.470. The highest BCUT2D eigenvalue weighted by Gasteiger charge is 2.19. The summed E-state index contributed by atoms with van der Waals surface area (Å²) in [7, 11) is 0. The summed E-state index contributed by atoms with van der Waals surface area (Å²) >= 11 is 2.44.